The Morgan fingerprint density at radius 2 is 1.91 bits per heavy atom. The van der Waals surface area contributed by atoms with Crippen molar-refractivity contribution in [3.05, 3.63) is 52.6 Å². The van der Waals surface area contributed by atoms with E-state index in [1.165, 1.54) is 23.9 Å². The third-order valence-electron chi connectivity index (χ3n) is 5.80. The fourth-order valence-electron chi connectivity index (χ4n) is 3.67. The molecule has 0 bridgehead atoms. The van der Waals surface area contributed by atoms with Crippen molar-refractivity contribution in [1.29, 1.82) is 0 Å². The number of hydrogen-bond acceptors (Lipinski definition) is 6. The molecular formula is C24H35F3N6OS. The minimum Gasteiger partial charge on any atom is -0.322 e. The van der Waals surface area contributed by atoms with Crippen molar-refractivity contribution in [2.45, 2.75) is 26.1 Å². The Hall–Kier alpha value is -2.34. The average molecular weight is 513 g/mol. The van der Waals surface area contributed by atoms with E-state index in [-0.39, 0.29) is 6.04 Å². The lowest BCUT2D eigenvalue weighted by molar-refractivity contribution is -0.137. The van der Waals surface area contributed by atoms with E-state index in [4.69, 9.17) is 5.73 Å². The highest BCUT2D eigenvalue weighted by Crippen LogP contribution is 2.30. The van der Waals surface area contributed by atoms with Crippen LogP contribution >= 0.6 is 11.8 Å². The lowest BCUT2D eigenvalue weighted by Crippen LogP contribution is -2.49. The van der Waals surface area contributed by atoms with Crippen molar-refractivity contribution in [2.24, 2.45) is 10.7 Å². The van der Waals surface area contributed by atoms with Crippen LogP contribution in [0.15, 0.2) is 52.0 Å². The summed E-state index contributed by atoms with van der Waals surface area (Å²) in [5.74, 6) is 0.338. The molecule has 1 fully saturated rings. The third kappa shape index (κ3) is 8.99. The maximum absolute atomic E-state index is 13.3. The molecule has 7 nitrogen and oxygen atoms in total. The lowest BCUT2D eigenvalue weighted by Gasteiger charge is -2.35. The molecule has 0 saturated carbocycles. The van der Waals surface area contributed by atoms with E-state index in [0.717, 1.165) is 43.2 Å². The zero-order chi connectivity index (χ0) is 26.0. The van der Waals surface area contributed by atoms with Crippen LogP contribution in [0.4, 0.5) is 23.7 Å². The zero-order valence-corrected chi connectivity index (χ0v) is 21.3. The van der Waals surface area contributed by atoms with Gasteiger partial charge in [-0.15, -0.1) is 11.8 Å². The largest absolute Gasteiger partial charge is 0.416 e. The number of nitrogens with two attached hydrogens (primary N) is 1. The van der Waals surface area contributed by atoms with E-state index in [1.54, 1.807) is 4.90 Å². The predicted octanol–water partition coefficient (Wildman–Crippen LogP) is 4.31. The Labute approximate surface area is 209 Å². The number of aliphatic imine (C=N–C) groups is 1. The Morgan fingerprint density at radius 1 is 1.29 bits per heavy atom. The van der Waals surface area contributed by atoms with Crippen molar-refractivity contribution in [1.82, 2.24) is 14.7 Å². The summed E-state index contributed by atoms with van der Waals surface area (Å²) in [7, 11) is 2.08. The molecule has 1 aliphatic rings. The SMILES string of the molecule is C=NC(=C/C)/C(=C\C(C)N(CCN1CCN(C)CC1)C(=O)Nc1ccc(C(F)(F)F)cc1)SCN. The zero-order valence-electron chi connectivity index (χ0n) is 20.5. The molecule has 1 unspecified atom stereocenters. The van der Waals surface area contributed by atoms with Crippen molar-refractivity contribution in [3.8, 4) is 0 Å². The summed E-state index contributed by atoms with van der Waals surface area (Å²) in [6.45, 7) is 12.2. The van der Waals surface area contributed by atoms with Gasteiger partial charge in [0.2, 0.25) is 0 Å². The van der Waals surface area contributed by atoms with Crippen molar-refractivity contribution in [3.63, 3.8) is 0 Å². The fraction of sp³-hybridized carbons (Fsp3) is 0.500. The maximum Gasteiger partial charge on any atom is 0.416 e. The van der Waals surface area contributed by atoms with Gasteiger partial charge in [-0.2, -0.15) is 13.2 Å². The summed E-state index contributed by atoms with van der Waals surface area (Å²) in [6.07, 6.45) is -0.694. The van der Waals surface area contributed by atoms with Crippen LogP contribution in [0.3, 0.4) is 0 Å². The molecule has 0 aliphatic carbocycles. The maximum atomic E-state index is 13.3. The molecule has 35 heavy (non-hydrogen) atoms. The Kier molecular flexibility index (Phi) is 11.3. The van der Waals surface area contributed by atoms with E-state index in [2.05, 4.69) is 33.9 Å². The minimum absolute atomic E-state index is 0.294. The Bertz CT molecular complexity index is 896. The van der Waals surface area contributed by atoms with Crippen LogP contribution in [0.5, 0.6) is 0 Å². The molecule has 194 valence electrons. The number of likely N-dealkylation sites (N-methyl/N-ethyl adjacent to an activating group) is 1. The van der Waals surface area contributed by atoms with Gasteiger partial charge < -0.3 is 20.9 Å². The normalized spacial score (nSPS) is 17.2. The molecule has 2 amide bonds. The highest BCUT2D eigenvalue weighted by Gasteiger charge is 2.30. The van der Waals surface area contributed by atoms with Gasteiger partial charge in [-0.3, -0.25) is 9.89 Å². The summed E-state index contributed by atoms with van der Waals surface area (Å²) in [5.41, 5.74) is 5.95. The van der Waals surface area contributed by atoms with Crippen LogP contribution < -0.4 is 11.1 Å². The van der Waals surface area contributed by atoms with Crippen molar-refractivity contribution >= 4 is 30.2 Å². The predicted molar refractivity (Wildman–Crippen MR) is 139 cm³/mol. The van der Waals surface area contributed by atoms with Gasteiger partial charge in [-0.05, 0) is 58.0 Å². The molecule has 2 rings (SSSR count). The summed E-state index contributed by atoms with van der Waals surface area (Å²) in [5, 5.41) is 2.74. The first-order valence-electron chi connectivity index (χ1n) is 11.4. The van der Waals surface area contributed by atoms with E-state index in [1.807, 2.05) is 26.0 Å². The van der Waals surface area contributed by atoms with Crippen LogP contribution in [0, 0.1) is 0 Å². The standard InChI is InChI=1S/C24H35F3N6OS/c1-5-21(29-3)22(35-17-28)16-18(2)33(15-14-32-12-10-31(4)11-13-32)23(34)30-20-8-6-19(7-9-20)24(25,26)27/h5-9,16,18H,3,10-15,17,28H2,1-2,4H3,(H,30,34)/b21-5+,22-16+. The number of rotatable bonds is 10. The number of allylic oxidation sites excluding steroid dienone is 1. The fourth-order valence-corrected chi connectivity index (χ4v) is 4.47. The van der Waals surface area contributed by atoms with Gasteiger partial charge in [0.15, 0.2) is 0 Å². The number of thioether (sulfide) groups is 1. The number of halogens is 3. The van der Waals surface area contributed by atoms with Crippen LogP contribution in [0.25, 0.3) is 0 Å². The number of benzene rings is 1. The second kappa shape index (κ2) is 13.7. The number of nitrogens with one attached hydrogen (secondary N) is 1. The Morgan fingerprint density at radius 3 is 2.43 bits per heavy atom. The minimum atomic E-state index is -4.43. The molecule has 1 aromatic rings. The first-order chi connectivity index (χ1) is 16.6. The molecule has 0 spiro atoms. The summed E-state index contributed by atoms with van der Waals surface area (Å²) in [6, 6.07) is 3.70. The average Bonchev–Trinajstić information content (AvgIpc) is 2.81. The van der Waals surface area contributed by atoms with E-state index < -0.39 is 17.8 Å². The van der Waals surface area contributed by atoms with Gasteiger partial charge in [0, 0.05) is 55.7 Å². The second-order valence-corrected chi connectivity index (χ2v) is 9.32. The number of hydrogen-bond donors (Lipinski definition) is 2. The summed E-state index contributed by atoms with van der Waals surface area (Å²) >= 11 is 1.40. The molecule has 11 heteroatoms. The highest BCUT2D eigenvalue weighted by molar-refractivity contribution is 8.03. The van der Waals surface area contributed by atoms with Gasteiger partial charge in [-0.25, -0.2) is 4.79 Å². The van der Waals surface area contributed by atoms with Gasteiger partial charge >= 0.3 is 12.2 Å². The third-order valence-corrected chi connectivity index (χ3v) is 6.62. The molecule has 1 aromatic carbocycles. The van der Waals surface area contributed by atoms with Crippen LogP contribution in [-0.2, 0) is 6.18 Å². The topological polar surface area (TPSA) is 77.2 Å². The summed E-state index contributed by atoms with van der Waals surface area (Å²) < 4.78 is 38.7. The van der Waals surface area contributed by atoms with E-state index in [0.29, 0.717) is 30.4 Å². The molecular weight excluding hydrogens is 477 g/mol. The monoisotopic (exact) mass is 512 g/mol. The molecule has 0 aromatic heterocycles. The quantitative estimate of drug-likeness (QED) is 0.278. The molecule has 1 heterocycles. The van der Waals surface area contributed by atoms with E-state index in [9.17, 15) is 18.0 Å². The number of anilines is 1. The van der Waals surface area contributed by atoms with Crippen LogP contribution in [0.1, 0.15) is 19.4 Å². The van der Waals surface area contributed by atoms with Gasteiger partial charge in [0.05, 0.1) is 17.3 Å². The molecule has 1 aliphatic heterocycles. The second-order valence-electron chi connectivity index (χ2n) is 8.26. The lowest BCUT2D eigenvalue weighted by atomic mass is 10.2. The smallest absolute Gasteiger partial charge is 0.322 e. The van der Waals surface area contributed by atoms with Crippen molar-refractivity contribution < 1.29 is 18.0 Å². The first-order valence-corrected chi connectivity index (χ1v) is 12.4. The van der Waals surface area contributed by atoms with Crippen LogP contribution in [0.2, 0.25) is 0 Å². The number of piperazine rings is 1. The van der Waals surface area contributed by atoms with E-state index >= 15 is 0 Å². The van der Waals surface area contributed by atoms with Gasteiger partial charge in [0.25, 0.3) is 0 Å². The summed E-state index contributed by atoms with van der Waals surface area (Å²) in [4.78, 5) is 24.3. The molecule has 1 saturated heterocycles. The Balaban J connectivity index is 2.23. The number of carbonyl (C=O) groups excluding carboxylic acids is 1. The number of carbonyl (C=O) groups is 1. The molecule has 0 radical (unpaired) electrons. The number of alkyl halides is 3. The van der Waals surface area contributed by atoms with Gasteiger partial charge in [-0.1, -0.05) is 6.08 Å². The molecule has 3 N–H and O–H groups in total. The number of nitrogens with zero attached hydrogens (tertiary/aromatic N) is 4. The highest BCUT2D eigenvalue weighted by atomic mass is 32.2. The molecule has 1 atom stereocenters. The van der Waals surface area contributed by atoms with Crippen LogP contribution in [-0.4, -0.2) is 85.7 Å². The van der Waals surface area contributed by atoms with Crippen molar-refractivity contribution in [2.75, 3.05) is 57.5 Å². The number of amides is 2. The number of urea groups is 1. The first kappa shape index (κ1) is 28.9. The van der Waals surface area contributed by atoms with Gasteiger partial charge in [0.1, 0.15) is 0 Å².